The minimum Gasteiger partial charge on any atom is -0.444 e. The van der Waals surface area contributed by atoms with Gasteiger partial charge in [-0.15, -0.1) is 22.7 Å². The normalized spacial score (nSPS) is 16.0. The highest BCUT2D eigenvalue weighted by Gasteiger charge is 2.35. The molecule has 2 aromatic heterocycles. The summed E-state index contributed by atoms with van der Waals surface area (Å²) in [5.41, 5.74) is 3.64. The number of anilines is 1. The van der Waals surface area contributed by atoms with Gasteiger partial charge in [0.05, 0.1) is 16.8 Å². The first-order valence-corrected chi connectivity index (χ1v) is 12.1. The molecule has 3 aromatic rings. The molecule has 1 aromatic carbocycles. The number of carbonyl (C=O) groups excluding carboxylic acids is 2. The maximum Gasteiger partial charge on any atom is 0.410 e. The number of thiazole rings is 1. The van der Waals surface area contributed by atoms with Crippen LogP contribution in [0.5, 0.6) is 0 Å². The molecule has 4 rings (SSSR count). The molecule has 0 spiro atoms. The molecule has 0 saturated heterocycles. The molecule has 3 heterocycles. The number of carbonyl (C=O) groups is 2. The first-order chi connectivity index (χ1) is 15.1. The third-order valence-corrected chi connectivity index (χ3v) is 7.43. The maximum atomic E-state index is 12.8. The Morgan fingerprint density at radius 2 is 2.06 bits per heavy atom. The van der Waals surface area contributed by atoms with Gasteiger partial charge in [-0.05, 0) is 70.4 Å². The van der Waals surface area contributed by atoms with Gasteiger partial charge in [0.1, 0.15) is 15.6 Å². The minimum atomic E-state index is -0.556. The van der Waals surface area contributed by atoms with Crippen LogP contribution in [0, 0.1) is 6.92 Å². The lowest BCUT2D eigenvalue weighted by Gasteiger charge is -2.35. The van der Waals surface area contributed by atoms with Crippen molar-refractivity contribution in [2.24, 2.45) is 0 Å². The van der Waals surface area contributed by atoms with Crippen molar-refractivity contribution in [3.05, 3.63) is 46.9 Å². The fraction of sp³-hybridized carbons (Fsp3) is 0.375. The number of hydrogen-bond acceptors (Lipinski definition) is 6. The molecule has 8 heteroatoms. The van der Waals surface area contributed by atoms with Crippen LogP contribution in [0.4, 0.5) is 9.80 Å². The van der Waals surface area contributed by atoms with Crippen LogP contribution in [0.3, 0.4) is 0 Å². The molecule has 168 valence electrons. The number of aryl methyl sites for hydroxylation is 1. The number of amides is 2. The van der Waals surface area contributed by atoms with Crippen molar-refractivity contribution >= 4 is 49.9 Å². The van der Waals surface area contributed by atoms with Crippen molar-refractivity contribution in [3.8, 4) is 10.6 Å². The summed E-state index contributed by atoms with van der Waals surface area (Å²) in [6.45, 7) is 13.7. The number of fused-ring (bicyclic) bond motifs is 2. The number of ether oxygens (including phenoxy) is 1. The first-order valence-electron chi connectivity index (χ1n) is 10.5. The smallest absolute Gasteiger partial charge is 0.410 e. The number of rotatable bonds is 3. The van der Waals surface area contributed by atoms with Gasteiger partial charge in [-0.1, -0.05) is 12.6 Å². The molecule has 0 bridgehead atoms. The van der Waals surface area contributed by atoms with Crippen LogP contribution in [-0.2, 0) is 22.5 Å². The lowest BCUT2D eigenvalue weighted by Crippen LogP contribution is -2.44. The number of aromatic nitrogens is 1. The second-order valence-electron chi connectivity index (χ2n) is 9.05. The predicted molar refractivity (Wildman–Crippen MR) is 131 cm³/mol. The molecule has 1 atom stereocenters. The van der Waals surface area contributed by atoms with E-state index in [4.69, 9.17) is 9.72 Å². The van der Waals surface area contributed by atoms with Crippen LogP contribution in [-0.4, -0.2) is 33.5 Å². The molecule has 1 unspecified atom stereocenters. The Labute approximate surface area is 195 Å². The Morgan fingerprint density at radius 1 is 1.31 bits per heavy atom. The van der Waals surface area contributed by atoms with Gasteiger partial charge in [0.25, 0.3) is 0 Å². The quantitative estimate of drug-likeness (QED) is 0.468. The van der Waals surface area contributed by atoms with Crippen molar-refractivity contribution in [2.75, 3.05) is 5.32 Å². The zero-order chi connectivity index (χ0) is 23.2. The van der Waals surface area contributed by atoms with E-state index in [0.717, 1.165) is 41.8 Å². The average Bonchev–Trinajstić information content (AvgIpc) is 3.25. The summed E-state index contributed by atoms with van der Waals surface area (Å²) in [6, 6.07) is 6.20. The Morgan fingerprint density at radius 3 is 2.75 bits per heavy atom. The second-order valence-corrected chi connectivity index (χ2v) is 11.2. The van der Waals surface area contributed by atoms with Crippen LogP contribution in [0.1, 0.15) is 43.7 Å². The molecule has 32 heavy (non-hydrogen) atoms. The van der Waals surface area contributed by atoms with E-state index in [9.17, 15) is 9.59 Å². The van der Waals surface area contributed by atoms with Crippen LogP contribution < -0.4 is 5.32 Å². The summed E-state index contributed by atoms with van der Waals surface area (Å²) in [6.07, 6.45) is 1.61. The predicted octanol–water partition coefficient (Wildman–Crippen LogP) is 6.14. The van der Waals surface area contributed by atoms with Gasteiger partial charge in [0.2, 0.25) is 5.91 Å². The molecule has 0 saturated carbocycles. The molecule has 2 amide bonds. The summed E-state index contributed by atoms with van der Waals surface area (Å²) >= 11 is 3.11. The lowest BCUT2D eigenvalue weighted by atomic mass is 9.97. The maximum absolute atomic E-state index is 12.8. The number of hydrogen-bond donors (Lipinski definition) is 1. The van der Waals surface area contributed by atoms with E-state index in [0.29, 0.717) is 13.0 Å². The van der Waals surface area contributed by atoms with Crippen molar-refractivity contribution in [2.45, 2.75) is 59.2 Å². The molecule has 6 nitrogen and oxygen atoms in total. The monoisotopic (exact) mass is 469 g/mol. The second kappa shape index (κ2) is 8.33. The Bertz CT molecular complexity index is 1220. The van der Waals surface area contributed by atoms with E-state index in [1.54, 1.807) is 16.2 Å². The third kappa shape index (κ3) is 4.42. The van der Waals surface area contributed by atoms with E-state index >= 15 is 0 Å². The largest absolute Gasteiger partial charge is 0.444 e. The highest BCUT2D eigenvalue weighted by molar-refractivity contribution is 7.23. The number of benzene rings is 1. The van der Waals surface area contributed by atoms with E-state index < -0.39 is 5.60 Å². The van der Waals surface area contributed by atoms with Crippen molar-refractivity contribution in [1.29, 1.82) is 0 Å². The zero-order valence-corrected chi connectivity index (χ0v) is 20.6. The number of thiophene rings is 1. The molecular weight excluding hydrogens is 442 g/mol. The van der Waals surface area contributed by atoms with Crippen LogP contribution in [0.15, 0.2) is 30.9 Å². The Hall–Kier alpha value is -2.71. The van der Waals surface area contributed by atoms with E-state index in [-0.39, 0.29) is 18.0 Å². The van der Waals surface area contributed by atoms with E-state index in [2.05, 4.69) is 30.1 Å². The minimum absolute atomic E-state index is 0.0368. The number of nitrogens with zero attached hydrogens (tertiary/aromatic N) is 2. The van der Waals surface area contributed by atoms with Crippen LogP contribution in [0.25, 0.3) is 20.8 Å². The van der Waals surface area contributed by atoms with Gasteiger partial charge in [0, 0.05) is 16.5 Å². The van der Waals surface area contributed by atoms with Gasteiger partial charge >= 0.3 is 6.09 Å². The Balaban J connectivity index is 1.78. The summed E-state index contributed by atoms with van der Waals surface area (Å²) in [4.78, 5) is 32.6. The first kappa shape index (κ1) is 22.5. The summed E-state index contributed by atoms with van der Waals surface area (Å²) in [7, 11) is 0. The highest BCUT2D eigenvalue weighted by atomic mass is 32.1. The van der Waals surface area contributed by atoms with Gasteiger partial charge in [-0.3, -0.25) is 4.79 Å². The van der Waals surface area contributed by atoms with Gasteiger partial charge in [-0.2, -0.15) is 0 Å². The molecule has 1 N–H and O–H groups in total. The van der Waals surface area contributed by atoms with Gasteiger partial charge in [-0.25, -0.2) is 9.78 Å². The average molecular weight is 470 g/mol. The topological polar surface area (TPSA) is 71.5 Å². The standard InChI is InChI=1S/C24H27N3O3S2/c1-7-19(28)26-22-20(21-25-16-10-13(2)8-9-17(16)31-21)15-11-14(3)27(12-18(15)32-22)23(29)30-24(4,5)6/h7-10,14H,1,11-12H2,2-6H3,(H,26,28). The summed E-state index contributed by atoms with van der Waals surface area (Å²) < 4.78 is 6.72. The molecular formula is C24H27N3O3S2. The third-order valence-electron chi connectivity index (χ3n) is 5.24. The number of nitrogens with one attached hydrogen (secondary N) is 1. The molecule has 1 aliphatic heterocycles. The summed E-state index contributed by atoms with van der Waals surface area (Å²) in [5.74, 6) is -0.265. The van der Waals surface area contributed by atoms with E-state index in [1.165, 1.54) is 17.4 Å². The van der Waals surface area contributed by atoms with Crippen LogP contribution in [0.2, 0.25) is 0 Å². The van der Waals surface area contributed by atoms with Gasteiger partial charge in [0.15, 0.2) is 0 Å². The fourth-order valence-electron chi connectivity index (χ4n) is 3.76. The SMILES string of the molecule is C=CC(=O)Nc1sc2c(c1-c1nc3cc(C)ccc3s1)CC(C)N(C(=O)OC(C)(C)C)C2. The molecule has 0 radical (unpaired) electrons. The fourth-order valence-corrected chi connectivity index (χ4v) is 6.08. The molecule has 0 fully saturated rings. The molecule has 1 aliphatic rings. The Kier molecular flexibility index (Phi) is 5.85. The van der Waals surface area contributed by atoms with Gasteiger partial charge < -0.3 is 15.0 Å². The lowest BCUT2D eigenvalue weighted by molar-refractivity contribution is -0.111. The summed E-state index contributed by atoms with van der Waals surface area (Å²) in [5, 5.41) is 4.58. The van der Waals surface area contributed by atoms with Crippen molar-refractivity contribution in [1.82, 2.24) is 9.88 Å². The van der Waals surface area contributed by atoms with Crippen molar-refractivity contribution < 1.29 is 14.3 Å². The van der Waals surface area contributed by atoms with E-state index in [1.807, 2.05) is 34.6 Å². The highest BCUT2D eigenvalue weighted by Crippen LogP contribution is 2.46. The molecule has 0 aliphatic carbocycles. The van der Waals surface area contributed by atoms with Crippen LogP contribution >= 0.6 is 22.7 Å². The zero-order valence-electron chi connectivity index (χ0n) is 18.9. The van der Waals surface area contributed by atoms with Crippen molar-refractivity contribution in [3.63, 3.8) is 0 Å².